The maximum atomic E-state index is 5.97. The van der Waals surface area contributed by atoms with Crippen LogP contribution in [0, 0.1) is 0 Å². The second kappa shape index (κ2) is 4.70. The van der Waals surface area contributed by atoms with Crippen LogP contribution in [0.15, 0.2) is 0 Å². The van der Waals surface area contributed by atoms with Gasteiger partial charge in [0.2, 0.25) is 0 Å². The summed E-state index contributed by atoms with van der Waals surface area (Å²) in [7, 11) is 5.97. The third kappa shape index (κ3) is 1.95. The number of thiophene rings is 1. The molecule has 0 N–H and O–H groups in total. The summed E-state index contributed by atoms with van der Waals surface area (Å²) in [5.41, 5.74) is 0. The fourth-order valence-electron chi connectivity index (χ4n) is 1.81. The molecule has 0 saturated heterocycles. The quantitative estimate of drug-likeness (QED) is 0.750. The lowest BCUT2D eigenvalue weighted by Crippen LogP contribution is -2.16. The molecule has 4 heteroatoms. The van der Waals surface area contributed by atoms with Crippen LogP contribution in [0.25, 0.3) is 0 Å². The van der Waals surface area contributed by atoms with Gasteiger partial charge in [-0.3, -0.25) is 0 Å². The molecule has 1 aliphatic heterocycles. The molecule has 1 aromatic rings. The van der Waals surface area contributed by atoms with Gasteiger partial charge in [-0.2, -0.15) is 0 Å². The Hall–Kier alpha value is -0.635. The van der Waals surface area contributed by atoms with Crippen LogP contribution in [0.3, 0.4) is 0 Å². The number of hydrogen-bond donors (Lipinski definition) is 0. The maximum absolute atomic E-state index is 5.97. The molecule has 0 amide bonds. The fourth-order valence-corrected chi connectivity index (χ4v) is 3.08. The van der Waals surface area contributed by atoms with Crippen molar-refractivity contribution in [3.63, 3.8) is 0 Å². The van der Waals surface area contributed by atoms with E-state index in [9.17, 15) is 0 Å². The van der Waals surface area contributed by atoms with Crippen LogP contribution >= 0.6 is 11.3 Å². The van der Waals surface area contributed by atoms with Gasteiger partial charge in [-0.15, -0.1) is 11.3 Å². The Bertz CT molecular complexity index is 373. The van der Waals surface area contributed by atoms with E-state index in [1.165, 1.54) is 4.88 Å². The molecule has 0 aromatic carbocycles. The lowest BCUT2D eigenvalue weighted by molar-refractivity contribution is 0.170. The average molecular weight is 236 g/mol. The van der Waals surface area contributed by atoms with Gasteiger partial charge in [0.05, 0.1) is 12.7 Å². The SMILES string of the molecule is [B]C(C)c1sc(C(C)CC)c2c1OCCO2. The molecule has 2 radical (unpaired) electrons. The first-order valence-electron chi connectivity index (χ1n) is 5.82. The predicted octanol–water partition coefficient (Wildman–Crippen LogP) is 3.26. The van der Waals surface area contributed by atoms with Crippen molar-refractivity contribution in [2.24, 2.45) is 0 Å². The second-order valence-corrected chi connectivity index (χ2v) is 5.37. The molecule has 16 heavy (non-hydrogen) atoms. The largest absolute Gasteiger partial charge is 0.485 e. The zero-order valence-corrected chi connectivity index (χ0v) is 10.9. The van der Waals surface area contributed by atoms with E-state index in [2.05, 4.69) is 13.8 Å². The van der Waals surface area contributed by atoms with Gasteiger partial charge in [0.1, 0.15) is 13.2 Å². The molecule has 2 rings (SSSR count). The van der Waals surface area contributed by atoms with E-state index in [-0.39, 0.29) is 5.82 Å². The van der Waals surface area contributed by atoms with Crippen LogP contribution in [0.5, 0.6) is 11.5 Å². The number of hydrogen-bond acceptors (Lipinski definition) is 3. The summed E-state index contributed by atoms with van der Waals surface area (Å²) in [5.74, 6) is 2.35. The van der Waals surface area contributed by atoms with Gasteiger partial charge in [-0.25, -0.2) is 0 Å². The highest BCUT2D eigenvalue weighted by molar-refractivity contribution is 7.13. The number of rotatable bonds is 3. The summed E-state index contributed by atoms with van der Waals surface area (Å²) in [4.78, 5) is 2.40. The van der Waals surface area contributed by atoms with Gasteiger partial charge in [0.25, 0.3) is 0 Å². The molecule has 2 nitrogen and oxygen atoms in total. The molecule has 0 bridgehead atoms. The Morgan fingerprint density at radius 2 is 1.75 bits per heavy atom. The first-order valence-corrected chi connectivity index (χ1v) is 6.64. The smallest absolute Gasteiger partial charge is 0.175 e. The van der Waals surface area contributed by atoms with Gasteiger partial charge >= 0.3 is 0 Å². The highest BCUT2D eigenvalue weighted by atomic mass is 32.1. The summed E-state index contributed by atoms with van der Waals surface area (Å²) in [6, 6.07) is 0. The topological polar surface area (TPSA) is 18.5 Å². The lowest BCUT2D eigenvalue weighted by Gasteiger charge is -2.19. The highest BCUT2D eigenvalue weighted by Crippen LogP contribution is 2.49. The second-order valence-electron chi connectivity index (χ2n) is 4.28. The first-order chi connectivity index (χ1) is 7.65. The third-order valence-electron chi connectivity index (χ3n) is 2.92. The Kier molecular flexibility index (Phi) is 3.48. The van der Waals surface area contributed by atoms with Crippen molar-refractivity contribution in [1.82, 2.24) is 0 Å². The van der Waals surface area contributed by atoms with Crippen LogP contribution in [0.2, 0.25) is 0 Å². The third-order valence-corrected chi connectivity index (χ3v) is 4.51. The monoisotopic (exact) mass is 236 g/mol. The van der Waals surface area contributed by atoms with Crippen molar-refractivity contribution in [1.29, 1.82) is 0 Å². The van der Waals surface area contributed by atoms with Crippen molar-refractivity contribution in [3.8, 4) is 11.5 Å². The number of ether oxygens (including phenoxy) is 2. The molecule has 2 unspecified atom stereocenters. The Morgan fingerprint density at radius 3 is 2.25 bits per heavy atom. The van der Waals surface area contributed by atoms with Crippen molar-refractivity contribution in [3.05, 3.63) is 9.75 Å². The Balaban J connectivity index is 2.46. The van der Waals surface area contributed by atoms with Crippen molar-refractivity contribution in [2.45, 2.75) is 38.9 Å². The molecule has 1 aromatic heterocycles. The molecule has 2 heterocycles. The fraction of sp³-hybridized carbons (Fsp3) is 0.667. The van der Waals surface area contributed by atoms with E-state index >= 15 is 0 Å². The molecule has 0 spiro atoms. The first kappa shape index (κ1) is 11.8. The molecule has 0 saturated carbocycles. The van der Waals surface area contributed by atoms with Gasteiger partial charge in [0.15, 0.2) is 11.5 Å². The van der Waals surface area contributed by atoms with Crippen LogP contribution in [0.4, 0.5) is 0 Å². The van der Waals surface area contributed by atoms with Crippen LogP contribution in [-0.2, 0) is 0 Å². The molecular formula is C12H17BO2S. The molecule has 86 valence electrons. The van der Waals surface area contributed by atoms with Gasteiger partial charge in [-0.05, 0) is 18.2 Å². The van der Waals surface area contributed by atoms with E-state index in [0.29, 0.717) is 19.1 Å². The minimum Gasteiger partial charge on any atom is -0.485 e. The van der Waals surface area contributed by atoms with Gasteiger partial charge in [0, 0.05) is 4.88 Å². The van der Waals surface area contributed by atoms with Crippen molar-refractivity contribution < 1.29 is 9.47 Å². The van der Waals surface area contributed by atoms with Crippen molar-refractivity contribution in [2.75, 3.05) is 13.2 Å². The summed E-state index contributed by atoms with van der Waals surface area (Å²) in [6.45, 7) is 7.67. The summed E-state index contributed by atoms with van der Waals surface area (Å²) in [6.07, 6.45) is 1.11. The summed E-state index contributed by atoms with van der Waals surface area (Å²) < 4.78 is 11.4. The molecule has 2 atom stereocenters. The minimum absolute atomic E-state index is 0.0123. The van der Waals surface area contributed by atoms with E-state index in [1.807, 2.05) is 6.92 Å². The maximum Gasteiger partial charge on any atom is 0.175 e. The summed E-state index contributed by atoms with van der Waals surface area (Å²) in [5, 5.41) is 0. The molecule has 1 aliphatic rings. The van der Waals surface area contributed by atoms with Gasteiger partial charge in [-0.1, -0.05) is 20.8 Å². The van der Waals surface area contributed by atoms with Crippen molar-refractivity contribution >= 4 is 19.2 Å². The van der Waals surface area contributed by atoms with E-state index < -0.39 is 0 Å². The predicted molar refractivity (Wildman–Crippen MR) is 68.2 cm³/mol. The Labute approximate surface area is 102 Å². The minimum atomic E-state index is 0.0123. The van der Waals surface area contributed by atoms with E-state index in [0.717, 1.165) is 22.8 Å². The van der Waals surface area contributed by atoms with Crippen LogP contribution in [0.1, 0.15) is 48.7 Å². The highest BCUT2D eigenvalue weighted by Gasteiger charge is 2.27. The Morgan fingerprint density at radius 1 is 1.19 bits per heavy atom. The standard InChI is InChI=1S/C12H17BO2S/c1-4-7(2)11-9-10(15-6-5-14-9)12(16-11)8(3)13/h7-8H,4-6H2,1-3H3. The normalized spacial score (nSPS) is 18.2. The van der Waals surface area contributed by atoms with E-state index in [1.54, 1.807) is 11.3 Å². The van der Waals surface area contributed by atoms with Crippen LogP contribution < -0.4 is 9.47 Å². The zero-order valence-electron chi connectivity index (χ0n) is 10.1. The average Bonchev–Trinajstić information content (AvgIpc) is 2.67. The lowest BCUT2D eigenvalue weighted by atomic mass is 9.88. The van der Waals surface area contributed by atoms with E-state index in [4.69, 9.17) is 17.3 Å². The molecule has 0 fully saturated rings. The summed E-state index contributed by atoms with van der Waals surface area (Å²) >= 11 is 1.74. The van der Waals surface area contributed by atoms with Crippen LogP contribution in [-0.4, -0.2) is 21.1 Å². The van der Waals surface area contributed by atoms with Gasteiger partial charge < -0.3 is 9.47 Å². The molecule has 0 aliphatic carbocycles. The molecular weight excluding hydrogens is 219 g/mol. The number of fused-ring (bicyclic) bond motifs is 1. The zero-order chi connectivity index (χ0) is 11.7.